The molecule has 3 heteroatoms. The van der Waals surface area contributed by atoms with Crippen LogP contribution in [0.1, 0.15) is 30.8 Å². The second-order valence-electron chi connectivity index (χ2n) is 5.53. The van der Waals surface area contributed by atoms with Crippen LogP contribution in [0.5, 0.6) is 0 Å². The van der Waals surface area contributed by atoms with E-state index in [0.717, 1.165) is 11.3 Å². The molecule has 0 aliphatic carbocycles. The molecular weight excluding hydrogens is 210 g/mol. The number of hydrogen-bond acceptors (Lipinski definition) is 2. The Kier molecular flexibility index (Phi) is 2.74. The zero-order valence-electron chi connectivity index (χ0n) is 11.3. The molecule has 0 bridgehead atoms. The van der Waals surface area contributed by atoms with Crippen molar-refractivity contribution in [1.29, 1.82) is 0 Å². The van der Waals surface area contributed by atoms with Crippen molar-refractivity contribution in [2.24, 2.45) is 12.8 Å². The fourth-order valence-electron chi connectivity index (χ4n) is 2.33. The van der Waals surface area contributed by atoms with Crippen LogP contribution in [0, 0.1) is 13.8 Å². The molecule has 0 saturated heterocycles. The molecule has 0 atom stereocenters. The summed E-state index contributed by atoms with van der Waals surface area (Å²) >= 11 is 0. The maximum atomic E-state index is 5.84. The van der Waals surface area contributed by atoms with Gasteiger partial charge in [-0.05, 0) is 31.0 Å². The van der Waals surface area contributed by atoms with Crippen LogP contribution in [-0.2, 0) is 12.5 Å². The average Bonchev–Trinajstić information content (AvgIpc) is 2.58. The topological polar surface area (TPSA) is 43.8 Å². The molecule has 1 aromatic heterocycles. The van der Waals surface area contributed by atoms with E-state index in [1.165, 1.54) is 16.6 Å². The van der Waals surface area contributed by atoms with E-state index in [1.54, 1.807) is 0 Å². The molecule has 0 aliphatic rings. The van der Waals surface area contributed by atoms with Crippen molar-refractivity contribution in [3.63, 3.8) is 0 Å². The zero-order valence-corrected chi connectivity index (χ0v) is 11.3. The number of aryl methyl sites for hydroxylation is 3. The number of rotatable bonds is 2. The monoisotopic (exact) mass is 231 g/mol. The summed E-state index contributed by atoms with van der Waals surface area (Å²) in [5.74, 6) is 1.06. The van der Waals surface area contributed by atoms with Gasteiger partial charge in [-0.3, -0.25) is 0 Å². The number of benzene rings is 1. The molecule has 17 heavy (non-hydrogen) atoms. The third kappa shape index (κ3) is 1.84. The lowest BCUT2D eigenvalue weighted by Gasteiger charge is -2.21. The summed E-state index contributed by atoms with van der Waals surface area (Å²) in [6.45, 7) is 9.10. The van der Waals surface area contributed by atoms with Gasteiger partial charge in [0.2, 0.25) is 0 Å². The summed E-state index contributed by atoms with van der Waals surface area (Å²) in [6, 6.07) is 4.36. The predicted molar refractivity (Wildman–Crippen MR) is 72.3 cm³/mol. The van der Waals surface area contributed by atoms with Gasteiger partial charge >= 0.3 is 0 Å². The molecule has 0 saturated carbocycles. The Bertz CT molecular complexity index is 564. The van der Waals surface area contributed by atoms with Gasteiger partial charge in [-0.2, -0.15) is 0 Å². The Balaban J connectivity index is 2.77. The maximum Gasteiger partial charge on any atom is 0.116 e. The second-order valence-corrected chi connectivity index (χ2v) is 5.53. The highest BCUT2D eigenvalue weighted by molar-refractivity contribution is 5.80. The number of imidazole rings is 1. The molecule has 2 aromatic rings. The Morgan fingerprint density at radius 3 is 2.53 bits per heavy atom. The van der Waals surface area contributed by atoms with Crippen LogP contribution in [0.2, 0.25) is 0 Å². The van der Waals surface area contributed by atoms with Crippen molar-refractivity contribution >= 4 is 11.0 Å². The summed E-state index contributed by atoms with van der Waals surface area (Å²) < 4.78 is 2.17. The van der Waals surface area contributed by atoms with Gasteiger partial charge in [-0.25, -0.2) is 4.98 Å². The molecule has 0 aliphatic heterocycles. The van der Waals surface area contributed by atoms with Crippen molar-refractivity contribution < 1.29 is 0 Å². The largest absolute Gasteiger partial charge is 0.331 e. The molecule has 0 radical (unpaired) electrons. The van der Waals surface area contributed by atoms with Gasteiger partial charge in [0.05, 0.1) is 11.0 Å². The zero-order chi connectivity index (χ0) is 12.8. The number of nitrogens with two attached hydrogens (primary N) is 1. The fourth-order valence-corrected chi connectivity index (χ4v) is 2.33. The van der Waals surface area contributed by atoms with E-state index in [-0.39, 0.29) is 5.41 Å². The summed E-state index contributed by atoms with van der Waals surface area (Å²) in [7, 11) is 2.07. The molecule has 2 N–H and O–H groups in total. The minimum absolute atomic E-state index is 0.0892. The van der Waals surface area contributed by atoms with Crippen LogP contribution in [0.4, 0.5) is 0 Å². The van der Waals surface area contributed by atoms with E-state index in [2.05, 4.69) is 51.4 Å². The van der Waals surface area contributed by atoms with Crippen LogP contribution in [0.15, 0.2) is 12.1 Å². The lowest BCUT2D eigenvalue weighted by atomic mass is 9.93. The highest BCUT2D eigenvalue weighted by Crippen LogP contribution is 2.27. The number of hydrogen-bond donors (Lipinski definition) is 1. The SMILES string of the molecule is Cc1cc(C)c2nc(C(C)(C)CN)n(C)c2c1. The number of fused-ring (bicyclic) bond motifs is 1. The van der Waals surface area contributed by atoms with E-state index in [1.807, 2.05) is 0 Å². The van der Waals surface area contributed by atoms with Crippen molar-refractivity contribution in [2.75, 3.05) is 6.54 Å². The Hall–Kier alpha value is -1.35. The van der Waals surface area contributed by atoms with E-state index in [9.17, 15) is 0 Å². The van der Waals surface area contributed by atoms with Crippen LogP contribution in [0.25, 0.3) is 11.0 Å². The van der Waals surface area contributed by atoms with E-state index in [0.29, 0.717) is 6.54 Å². The molecule has 92 valence electrons. The predicted octanol–water partition coefficient (Wildman–Crippen LogP) is 2.43. The molecule has 3 nitrogen and oxygen atoms in total. The molecule has 0 amide bonds. The van der Waals surface area contributed by atoms with Gasteiger partial charge in [-0.15, -0.1) is 0 Å². The van der Waals surface area contributed by atoms with Crippen molar-refractivity contribution in [1.82, 2.24) is 9.55 Å². The molecule has 0 spiro atoms. The number of aromatic nitrogens is 2. The van der Waals surface area contributed by atoms with Gasteiger partial charge < -0.3 is 10.3 Å². The second kappa shape index (κ2) is 3.84. The average molecular weight is 231 g/mol. The molecule has 1 aromatic carbocycles. The lowest BCUT2D eigenvalue weighted by Crippen LogP contribution is -2.31. The first kappa shape index (κ1) is 12.1. The van der Waals surface area contributed by atoms with Crippen molar-refractivity contribution in [2.45, 2.75) is 33.1 Å². The first-order valence-electron chi connectivity index (χ1n) is 6.01. The van der Waals surface area contributed by atoms with E-state index >= 15 is 0 Å². The van der Waals surface area contributed by atoms with Crippen LogP contribution < -0.4 is 5.73 Å². The van der Waals surface area contributed by atoms with Crippen molar-refractivity contribution in [3.05, 3.63) is 29.1 Å². The van der Waals surface area contributed by atoms with Gasteiger partial charge in [0.1, 0.15) is 5.82 Å². The van der Waals surface area contributed by atoms with Gasteiger partial charge in [0, 0.05) is 19.0 Å². The normalized spacial score (nSPS) is 12.4. The third-order valence-corrected chi connectivity index (χ3v) is 3.44. The smallest absolute Gasteiger partial charge is 0.116 e. The van der Waals surface area contributed by atoms with Crippen molar-refractivity contribution in [3.8, 4) is 0 Å². The van der Waals surface area contributed by atoms with Gasteiger partial charge in [0.15, 0.2) is 0 Å². The molecule has 1 heterocycles. The summed E-state index contributed by atoms with van der Waals surface area (Å²) in [5.41, 5.74) is 10.5. The number of nitrogens with zero attached hydrogens (tertiary/aromatic N) is 2. The van der Waals surface area contributed by atoms with E-state index in [4.69, 9.17) is 10.7 Å². The van der Waals surface area contributed by atoms with Crippen LogP contribution in [-0.4, -0.2) is 16.1 Å². The quantitative estimate of drug-likeness (QED) is 0.862. The Labute approximate surface area is 103 Å². The first-order chi connectivity index (χ1) is 7.86. The summed E-state index contributed by atoms with van der Waals surface area (Å²) in [6.07, 6.45) is 0. The maximum absolute atomic E-state index is 5.84. The highest BCUT2D eigenvalue weighted by Gasteiger charge is 2.25. The lowest BCUT2D eigenvalue weighted by molar-refractivity contribution is 0.487. The molecule has 2 rings (SSSR count). The Morgan fingerprint density at radius 1 is 1.29 bits per heavy atom. The van der Waals surface area contributed by atoms with Crippen LogP contribution in [0.3, 0.4) is 0 Å². The minimum atomic E-state index is -0.0892. The third-order valence-electron chi connectivity index (χ3n) is 3.44. The standard InChI is InChI=1S/C14H21N3/c1-9-6-10(2)12-11(7-9)17(5)13(16-12)14(3,4)8-15/h6-7H,8,15H2,1-5H3. The first-order valence-corrected chi connectivity index (χ1v) is 6.01. The van der Waals surface area contributed by atoms with Crippen LogP contribution >= 0.6 is 0 Å². The minimum Gasteiger partial charge on any atom is -0.331 e. The fraction of sp³-hybridized carbons (Fsp3) is 0.500. The molecule has 0 unspecified atom stereocenters. The Morgan fingerprint density at radius 2 is 1.94 bits per heavy atom. The van der Waals surface area contributed by atoms with Gasteiger partial charge in [-0.1, -0.05) is 19.9 Å². The van der Waals surface area contributed by atoms with E-state index < -0.39 is 0 Å². The highest BCUT2D eigenvalue weighted by atomic mass is 15.1. The summed E-state index contributed by atoms with van der Waals surface area (Å²) in [5, 5.41) is 0. The molecular formula is C14H21N3. The summed E-state index contributed by atoms with van der Waals surface area (Å²) in [4.78, 5) is 4.78. The van der Waals surface area contributed by atoms with Gasteiger partial charge in [0.25, 0.3) is 0 Å². The molecule has 0 fully saturated rings.